The van der Waals surface area contributed by atoms with Gasteiger partial charge in [0.15, 0.2) is 0 Å². The zero-order valence-corrected chi connectivity index (χ0v) is 17.8. The van der Waals surface area contributed by atoms with Crippen molar-refractivity contribution in [1.29, 1.82) is 0 Å². The van der Waals surface area contributed by atoms with Gasteiger partial charge < -0.3 is 24.7 Å². The van der Waals surface area contributed by atoms with Crippen LogP contribution >= 0.6 is 0 Å². The molecular formula is C19H37BN2O4. The van der Waals surface area contributed by atoms with Gasteiger partial charge in [0.1, 0.15) is 5.60 Å². The number of carbonyl (C=O) groups is 1. The van der Waals surface area contributed by atoms with Gasteiger partial charge >= 0.3 is 13.2 Å². The van der Waals surface area contributed by atoms with E-state index in [9.17, 15) is 4.79 Å². The summed E-state index contributed by atoms with van der Waals surface area (Å²) in [6, 6.07) is 0. The van der Waals surface area contributed by atoms with Crippen molar-refractivity contribution in [2.75, 3.05) is 13.1 Å². The van der Waals surface area contributed by atoms with E-state index in [4.69, 9.17) is 19.8 Å². The number of nitrogens with zero attached hydrogens (tertiary/aromatic N) is 1. The second-order valence-electron chi connectivity index (χ2n) is 10.3. The van der Waals surface area contributed by atoms with Gasteiger partial charge in [-0.3, -0.25) is 0 Å². The Labute approximate surface area is 159 Å². The highest BCUT2D eigenvalue weighted by Crippen LogP contribution is 2.39. The number of ether oxygens (including phenoxy) is 1. The second-order valence-corrected chi connectivity index (χ2v) is 10.3. The van der Waals surface area contributed by atoms with Crippen LogP contribution in [0.1, 0.15) is 68.2 Å². The highest BCUT2D eigenvalue weighted by Gasteiger charge is 2.51. The molecule has 2 aliphatic heterocycles. The predicted octanol–water partition coefficient (Wildman–Crippen LogP) is 3.44. The Morgan fingerprint density at radius 3 is 2.23 bits per heavy atom. The van der Waals surface area contributed by atoms with Crippen molar-refractivity contribution in [1.82, 2.24) is 4.90 Å². The molecule has 7 heteroatoms. The van der Waals surface area contributed by atoms with Gasteiger partial charge in [-0.1, -0.05) is 6.42 Å². The zero-order valence-electron chi connectivity index (χ0n) is 17.8. The first-order valence-corrected chi connectivity index (χ1v) is 9.73. The number of rotatable bonds is 3. The fourth-order valence-corrected chi connectivity index (χ4v) is 3.71. The molecule has 2 atom stereocenters. The molecule has 0 saturated carbocycles. The lowest BCUT2D eigenvalue weighted by Crippen LogP contribution is -2.57. The number of hydrogen-bond acceptors (Lipinski definition) is 5. The van der Waals surface area contributed by atoms with E-state index >= 15 is 0 Å². The molecule has 0 aliphatic carbocycles. The lowest BCUT2D eigenvalue weighted by molar-refractivity contribution is 0.00578. The Balaban J connectivity index is 1.94. The first kappa shape index (κ1) is 21.5. The molecule has 0 spiro atoms. The van der Waals surface area contributed by atoms with Gasteiger partial charge in [0, 0.05) is 18.6 Å². The SMILES string of the molecule is CC(C)(C)OC(=O)N1C[C@@H](CCB2OC(C)(C)C(C)(C)O2)C[C@@](C)(N)C1. The molecule has 2 fully saturated rings. The molecule has 150 valence electrons. The molecule has 2 N–H and O–H groups in total. The molecule has 0 radical (unpaired) electrons. The van der Waals surface area contributed by atoms with Gasteiger partial charge in [-0.05, 0) is 74.0 Å². The van der Waals surface area contributed by atoms with Crippen LogP contribution in [-0.4, -0.2) is 53.5 Å². The molecular weight excluding hydrogens is 331 g/mol. The second kappa shape index (κ2) is 6.99. The van der Waals surface area contributed by atoms with Gasteiger partial charge in [0.25, 0.3) is 0 Å². The highest BCUT2D eigenvalue weighted by molar-refractivity contribution is 6.45. The average molecular weight is 368 g/mol. The van der Waals surface area contributed by atoms with E-state index in [0.29, 0.717) is 19.0 Å². The molecule has 1 amide bonds. The van der Waals surface area contributed by atoms with E-state index in [0.717, 1.165) is 19.2 Å². The van der Waals surface area contributed by atoms with Crippen LogP contribution in [0.25, 0.3) is 0 Å². The van der Waals surface area contributed by atoms with E-state index in [1.54, 1.807) is 4.90 Å². The molecule has 0 aromatic rings. The van der Waals surface area contributed by atoms with Crippen LogP contribution in [0, 0.1) is 5.92 Å². The minimum absolute atomic E-state index is 0.207. The quantitative estimate of drug-likeness (QED) is 0.773. The maximum Gasteiger partial charge on any atom is 0.457 e. The van der Waals surface area contributed by atoms with Gasteiger partial charge in [-0.15, -0.1) is 0 Å². The van der Waals surface area contributed by atoms with E-state index < -0.39 is 11.1 Å². The fraction of sp³-hybridized carbons (Fsp3) is 0.947. The van der Waals surface area contributed by atoms with Crippen molar-refractivity contribution in [3.8, 4) is 0 Å². The van der Waals surface area contributed by atoms with Crippen LogP contribution in [0.3, 0.4) is 0 Å². The Hall–Kier alpha value is -0.785. The van der Waals surface area contributed by atoms with Gasteiger partial charge in [0.05, 0.1) is 11.2 Å². The minimum Gasteiger partial charge on any atom is -0.444 e. The lowest BCUT2D eigenvalue weighted by Gasteiger charge is -2.42. The van der Waals surface area contributed by atoms with Crippen molar-refractivity contribution in [2.45, 2.75) is 96.9 Å². The average Bonchev–Trinajstić information content (AvgIpc) is 2.61. The summed E-state index contributed by atoms with van der Waals surface area (Å²) in [6.45, 7) is 17.1. The molecule has 0 unspecified atom stereocenters. The smallest absolute Gasteiger partial charge is 0.444 e. The Morgan fingerprint density at radius 2 is 1.73 bits per heavy atom. The van der Waals surface area contributed by atoms with Crippen molar-refractivity contribution < 1.29 is 18.8 Å². The number of carbonyl (C=O) groups excluding carboxylic acids is 1. The molecule has 26 heavy (non-hydrogen) atoms. The van der Waals surface area contributed by atoms with Crippen molar-refractivity contribution in [3.05, 3.63) is 0 Å². The van der Waals surface area contributed by atoms with E-state index in [-0.39, 0.29) is 24.4 Å². The molecule has 2 saturated heterocycles. The lowest BCUT2D eigenvalue weighted by atomic mass is 9.75. The summed E-state index contributed by atoms with van der Waals surface area (Å²) >= 11 is 0. The molecule has 0 aromatic carbocycles. The normalized spacial score (nSPS) is 31.2. The third-order valence-electron chi connectivity index (χ3n) is 5.55. The summed E-state index contributed by atoms with van der Waals surface area (Å²) in [4.78, 5) is 14.2. The predicted molar refractivity (Wildman–Crippen MR) is 104 cm³/mol. The van der Waals surface area contributed by atoms with Crippen molar-refractivity contribution in [2.24, 2.45) is 11.7 Å². The van der Waals surface area contributed by atoms with Crippen molar-refractivity contribution in [3.63, 3.8) is 0 Å². The topological polar surface area (TPSA) is 74.0 Å². The van der Waals surface area contributed by atoms with E-state index in [1.807, 2.05) is 27.7 Å². The van der Waals surface area contributed by atoms with E-state index in [2.05, 4.69) is 27.7 Å². The van der Waals surface area contributed by atoms with Crippen LogP contribution in [0.15, 0.2) is 0 Å². The van der Waals surface area contributed by atoms with Crippen molar-refractivity contribution >= 4 is 13.2 Å². The number of piperidine rings is 1. The van der Waals surface area contributed by atoms with Crippen LogP contribution in [0.4, 0.5) is 4.79 Å². The van der Waals surface area contributed by atoms with Crippen LogP contribution in [0.2, 0.25) is 6.32 Å². The first-order chi connectivity index (χ1) is 11.6. The maximum atomic E-state index is 12.5. The van der Waals surface area contributed by atoms with Crippen LogP contribution in [0.5, 0.6) is 0 Å². The summed E-state index contributed by atoms with van der Waals surface area (Å²) in [5, 5.41) is 0. The van der Waals surface area contributed by atoms with E-state index in [1.165, 1.54) is 0 Å². The third kappa shape index (κ3) is 5.36. The Bertz CT molecular complexity index is 512. The molecule has 0 bridgehead atoms. The Kier molecular flexibility index (Phi) is 5.78. The molecule has 2 rings (SSSR count). The highest BCUT2D eigenvalue weighted by atomic mass is 16.7. The van der Waals surface area contributed by atoms with Crippen LogP contribution < -0.4 is 5.73 Å². The number of likely N-dealkylation sites (tertiary alicyclic amines) is 1. The first-order valence-electron chi connectivity index (χ1n) is 9.73. The summed E-state index contributed by atoms with van der Waals surface area (Å²) in [7, 11) is -0.207. The van der Waals surface area contributed by atoms with Gasteiger partial charge in [-0.25, -0.2) is 4.79 Å². The maximum absolute atomic E-state index is 12.5. The van der Waals surface area contributed by atoms with Crippen LogP contribution in [-0.2, 0) is 14.0 Å². The number of nitrogens with two attached hydrogens (primary N) is 1. The molecule has 6 nitrogen and oxygen atoms in total. The third-order valence-corrected chi connectivity index (χ3v) is 5.55. The number of hydrogen-bond donors (Lipinski definition) is 1. The monoisotopic (exact) mass is 368 g/mol. The van der Waals surface area contributed by atoms with Gasteiger partial charge in [0.2, 0.25) is 0 Å². The fourth-order valence-electron chi connectivity index (χ4n) is 3.71. The molecule has 2 heterocycles. The number of amides is 1. The Morgan fingerprint density at radius 1 is 1.19 bits per heavy atom. The summed E-state index contributed by atoms with van der Waals surface area (Å²) in [6.07, 6.45) is 2.30. The summed E-state index contributed by atoms with van der Waals surface area (Å²) in [5.74, 6) is 0.310. The molecule has 0 aromatic heterocycles. The zero-order chi connectivity index (χ0) is 20.0. The van der Waals surface area contributed by atoms with Gasteiger partial charge in [-0.2, -0.15) is 0 Å². The standard InChI is InChI=1S/C19H37BN2O4/c1-16(2,3)24-15(23)22-12-14(11-19(8,21)13-22)9-10-20-25-17(4,5)18(6,7)26-20/h14H,9-13,21H2,1-8H3/t14-,19+/m0/s1. The minimum atomic E-state index is -0.502. The summed E-state index contributed by atoms with van der Waals surface area (Å²) < 4.78 is 17.7. The largest absolute Gasteiger partial charge is 0.457 e. The molecule has 2 aliphatic rings. The summed E-state index contributed by atoms with van der Waals surface area (Å²) in [5.41, 5.74) is 4.89.